The number of hydrogen-bond acceptors (Lipinski definition) is 3. The van der Waals surface area contributed by atoms with Gasteiger partial charge in [-0.05, 0) is 93.8 Å². The van der Waals surface area contributed by atoms with E-state index in [2.05, 4.69) is 58.9 Å². The van der Waals surface area contributed by atoms with Gasteiger partial charge in [0.2, 0.25) is 0 Å². The van der Waals surface area contributed by atoms with Crippen LogP contribution in [-0.4, -0.2) is 26.6 Å². The number of aryl methyl sites for hydroxylation is 2. The molecule has 0 spiro atoms. The third-order valence-electron chi connectivity index (χ3n) is 5.48. The van der Waals surface area contributed by atoms with Gasteiger partial charge in [-0.25, -0.2) is 0 Å². The van der Waals surface area contributed by atoms with Gasteiger partial charge >= 0.3 is 9.28 Å². The molecule has 4 heteroatoms. The summed E-state index contributed by atoms with van der Waals surface area (Å²) in [7, 11) is -1.28. The number of phenolic OH excluding ortho intramolecular Hbond substituents is 1. The van der Waals surface area contributed by atoms with Gasteiger partial charge in [-0.1, -0.05) is 62.9 Å². The summed E-state index contributed by atoms with van der Waals surface area (Å²) in [6, 6.07) is 15.7. The van der Waals surface area contributed by atoms with Gasteiger partial charge in [0, 0.05) is 12.2 Å². The Morgan fingerprint density at radius 1 is 0.781 bits per heavy atom. The maximum absolute atomic E-state index is 10.1. The van der Waals surface area contributed by atoms with Gasteiger partial charge in [0.15, 0.2) is 0 Å². The smallest absolute Gasteiger partial charge is 0.385 e. The van der Waals surface area contributed by atoms with Crippen LogP contribution in [-0.2, 0) is 21.7 Å². The molecule has 3 nitrogen and oxygen atoms in total. The predicted molar refractivity (Wildman–Crippen MR) is 137 cm³/mol. The fourth-order valence-corrected chi connectivity index (χ4v) is 5.76. The Hall–Kier alpha value is -1.62. The molecule has 0 bridgehead atoms. The van der Waals surface area contributed by atoms with Crippen LogP contribution in [0.2, 0.25) is 6.04 Å². The predicted octanol–water partition coefficient (Wildman–Crippen LogP) is 7.84. The molecule has 0 aliphatic carbocycles. The van der Waals surface area contributed by atoms with Crippen LogP contribution < -0.4 is 0 Å². The van der Waals surface area contributed by atoms with Crippen molar-refractivity contribution >= 4 is 9.28 Å². The zero-order valence-electron chi connectivity index (χ0n) is 20.8. The Kier molecular flexibility index (Phi) is 12.1. The fourth-order valence-electron chi connectivity index (χ4n) is 3.95. The number of phenols is 1. The van der Waals surface area contributed by atoms with Crippen LogP contribution in [0.1, 0.15) is 84.3 Å². The lowest BCUT2D eigenvalue weighted by atomic mass is 9.95. The molecule has 2 rings (SSSR count). The number of hydrogen-bond donors (Lipinski definition) is 1. The van der Waals surface area contributed by atoms with E-state index in [-0.39, 0.29) is 12.2 Å². The van der Waals surface area contributed by atoms with Gasteiger partial charge in [-0.2, -0.15) is 0 Å². The molecular formula is C28H43O3Si. The zero-order chi connectivity index (χ0) is 23.3. The molecule has 32 heavy (non-hydrogen) atoms. The van der Waals surface area contributed by atoms with Crippen LogP contribution in [0.5, 0.6) is 5.75 Å². The minimum absolute atomic E-state index is 0.184. The lowest BCUT2D eigenvalue weighted by molar-refractivity contribution is 0.129. The SMILES string of the molecule is CCCCCCCc1ccc(-c2ccc(O)cc2CCC[Si](OC(C)C)OC(C)C)cc1. The Morgan fingerprint density at radius 3 is 2.06 bits per heavy atom. The third-order valence-corrected chi connectivity index (χ3v) is 7.71. The first kappa shape index (κ1) is 26.6. The van der Waals surface area contributed by atoms with Gasteiger partial charge in [0.1, 0.15) is 5.75 Å². The Labute approximate surface area is 198 Å². The quantitative estimate of drug-likeness (QED) is 0.219. The second-order valence-electron chi connectivity index (χ2n) is 9.26. The molecule has 2 aromatic rings. The van der Waals surface area contributed by atoms with Crippen molar-refractivity contribution in [1.29, 1.82) is 0 Å². The summed E-state index contributed by atoms with van der Waals surface area (Å²) in [6.07, 6.45) is 9.99. The molecule has 0 aliphatic rings. The van der Waals surface area contributed by atoms with Crippen LogP contribution in [0, 0.1) is 0 Å². The highest BCUT2D eigenvalue weighted by Gasteiger charge is 2.19. The van der Waals surface area contributed by atoms with Gasteiger partial charge in [-0.3, -0.25) is 0 Å². The standard InChI is InChI=1S/C28H43O3Si/c1-6-7-8-9-10-12-24-14-16-25(17-15-24)28-19-18-27(29)21-26(28)13-11-20-32(30-22(2)3)31-23(4)5/h14-19,21-23,29H,6-13,20H2,1-5H3. The zero-order valence-corrected chi connectivity index (χ0v) is 21.8. The van der Waals surface area contributed by atoms with E-state index in [9.17, 15) is 5.11 Å². The maximum atomic E-state index is 10.1. The molecule has 0 unspecified atom stereocenters. The van der Waals surface area contributed by atoms with E-state index < -0.39 is 9.28 Å². The molecule has 0 atom stereocenters. The number of unbranched alkanes of at least 4 members (excludes halogenated alkanes) is 4. The first-order valence-corrected chi connectivity index (χ1v) is 14.0. The van der Waals surface area contributed by atoms with E-state index in [1.807, 2.05) is 12.1 Å². The summed E-state index contributed by atoms with van der Waals surface area (Å²) in [5.74, 6) is 0.329. The molecule has 0 fully saturated rings. The van der Waals surface area contributed by atoms with Crippen molar-refractivity contribution in [3.63, 3.8) is 0 Å². The van der Waals surface area contributed by atoms with Crippen molar-refractivity contribution in [1.82, 2.24) is 0 Å². The van der Waals surface area contributed by atoms with E-state index >= 15 is 0 Å². The number of aromatic hydroxyl groups is 1. The molecule has 0 aliphatic heterocycles. The summed E-state index contributed by atoms with van der Waals surface area (Å²) < 4.78 is 12.1. The van der Waals surface area contributed by atoms with Crippen LogP contribution in [0.3, 0.4) is 0 Å². The highest BCUT2D eigenvalue weighted by atomic mass is 28.3. The average Bonchev–Trinajstić information content (AvgIpc) is 2.73. The lowest BCUT2D eigenvalue weighted by Gasteiger charge is -2.20. The van der Waals surface area contributed by atoms with Crippen LogP contribution >= 0.6 is 0 Å². The summed E-state index contributed by atoms with van der Waals surface area (Å²) >= 11 is 0. The molecule has 1 N–H and O–H groups in total. The monoisotopic (exact) mass is 455 g/mol. The topological polar surface area (TPSA) is 38.7 Å². The minimum Gasteiger partial charge on any atom is -0.508 e. The maximum Gasteiger partial charge on any atom is 0.385 e. The van der Waals surface area contributed by atoms with Crippen LogP contribution in [0.25, 0.3) is 11.1 Å². The molecule has 177 valence electrons. The molecule has 1 radical (unpaired) electrons. The molecule has 0 aromatic heterocycles. The normalized spacial score (nSPS) is 11.8. The molecule has 2 aromatic carbocycles. The highest BCUT2D eigenvalue weighted by Crippen LogP contribution is 2.29. The molecule has 0 saturated heterocycles. The summed E-state index contributed by atoms with van der Waals surface area (Å²) in [5.41, 5.74) is 5.03. The summed E-state index contributed by atoms with van der Waals surface area (Å²) in [4.78, 5) is 0. The van der Waals surface area contributed by atoms with E-state index in [1.54, 1.807) is 6.07 Å². The van der Waals surface area contributed by atoms with E-state index in [4.69, 9.17) is 8.85 Å². The summed E-state index contributed by atoms with van der Waals surface area (Å²) in [5, 5.41) is 10.1. The van der Waals surface area contributed by atoms with E-state index in [1.165, 1.54) is 54.4 Å². The van der Waals surface area contributed by atoms with Gasteiger partial charge in [-0.15, -0.1) is 0 Å². The van der Waals surface area contributed by atoms with Crippen molar-refractivity contribution in [2.45, 2.75) is 104 Å². The first-order valence-electron chi connectivity index (χ1n) is 12.5. The second-order valence-corrected chi connectivity index (χ2v) is 11.0. The summed E-state index contributed by atoms with van der Waals surface area (Å²) in [6.45, 7) is 10.5. The minimum atomic E-state index is -1.28. The largest absolute Gasteiger partial charge is 0.508 e. The molecule has 0 heterocycles. The first-order chi connectivity index (χ1) is 15.4. The molecule has 0 amide bonds. The van der Waals surface area contributed by atoms with Gasteiger partial charge in [0.05, 0.1) is 0 Å². The van der Waals surface area contributed by atoms with Crippen molar-refractivity contribution in [3.05, 3.63) is 53.6 Å². The van der Waals surface area contributed by atoms with E-state index in [0.717, 1.165) is 25.3 Å². The van der Waals surface area contributed by atoms with Crippen molar-refractivity contribution in [2.75, 3.05) is 0 Å². The fraction of sp³-hybridized carbons (Fsp3) is 0.571. The van der Waals surface area contributed by atoms with Crippen LogP contribution in [0.15, 0.2) is 42.5 Å². The van der Waals surface area contributed by atoms with E-state index in [0.29, 0.717) is 5.75 Å². The van der Waals surface area contributed by atoms with Crippen molar-refractivity contribution < 1.29 is 14.0 Å². The second kappa shape index (κ2) is 14.5. The lowest BCUT2D eigenvalue weighted by Crippen LogP contribution is -2.29. The number of rotatable bonds is 15. The molecule has 0 saturated carbocycles. The molecular weight excluding hydrogens is 412 g/mol. The van der Waals surface area contributed by atoms with Gasteiger partial charge in [0.25, 0.3) is 0 Å². The Bertz CT molecular complexity index is 761. The Morgan fingerprint density at radius 2 is 1.44 bits per heavy atom. The van der Waals surface area contributed by atoms with Crippen LogP contribution in [0.4, 0.5) is 0 Å². The third kappa shape index (κ3) is 9.89. The highest BCUT2D eigenvalue weighted by molar-refractivity contribution is 6.44. The average molecular weight is 456 g/mol. The van der Waals surface area contributed by atoms with Gasteiger partial charge < -0.3 is 14.0 Å². The number of benzene rings is 2. The van der Waals surface area contributed by atoms with Crippen molar-refractivity contribution in [3.8, 4) is 16.9 Å². The Balaban J connectivity index is 2.00. The van der Waals surface area contributed by atoms with Crippen molar-refractivity contribution in [2.24, 2.45) is 0 Å².